The van der Waals surface area contributed by atoms with Crippen LogP contribution < -0.4 is 0 Å². The molecule has 1 unspecified atom stereocenters. The van der Waals surface area contributed by atoms with Gasteiger partial charge in [-0.2, -0.15) is 0 Å². The molecule has 1 atom stereocenters. The molecule has 1 N–H and O–H groups in total. The van der Waals surface area contributed by atoms with E-state index in [1.807, 2.05) is 49.0 Å². The topological polar surface area (TPSA) is 56.7 Å². The monoisotopic (exact) mass is 251 g/mol. The number of rotatable bonds is 7. The van der Waals surface area contributed by atoms with E-state index >= 15 is 0 Å². The Hall–Kier alpha value is -1.46. The number of hydrogen-bond acceptors (Lipinski definition) is 4. The third-order valence-corrected chi connectivity index (χ3v) is 2.84. The van der Waals surface area contributed by atoms with Crippen LogP contribution in [0.5, 0.6) is 0 Å². The summed E-state index contributed by atoms with van der Waals surface area (Å²) in [5.41, 5.74) is 0.900. The molecule has 5 heteroatoms. The lowest BCUT2D eigenvalue weighted by Gasteiger charge is -2.28. The van der Waals surface area contributed by atoms with Crippen molar-refractivity contribution in [1.82, 2.24) is 14.8 Å². The van der Waals surface area contributed by atoms with Gasteiger partial charge in [-0.1, -0.05) is 6.07 Å². The van der Waals surface area contributed by atoms with Crippen molar-refractivity contribution in [2.24, 2.45) is 0 Å². The summed E-state index contributed by atoms with van der Waals surface area (Å²) in [4.78, 5) is 19.2. The third-order valence-electron chi connectivity index (χ3n) is 2.84. The lowest BCUT2D eigenvalue weighted by Crippen LogP contribution is -2.37. The molecule has 0 saturated heterocycles. The first-order chi connectivity index (χ1) is 8.50. The largest absolute Gasteiger partial charge is 0.480 e. The van der Waals surface area contributed by atoms with Crippen molar-refractivity contribution in [3.05, 3.63) is 30.1 Å². The van der Waals surface area contributed by atoms with Crippen LogP contribution in [0.4, 0.5) is 0 Å². The average molecular weight is 251 g/mol. The summed E-state index contributed by atoms with van der Waals surface area (Å²) in [6.45, 7) is 3.55. The van der Waals surface area contributed by atoms with E-state index in [1.165, 1.54) is 0 Å². The van der Waals surface area contributed by atoms with E-state index in [0.717, 1.165) is 12.2 Å². The number of aliphatic carboxylic acids is 1. The fourth-order valence-corrected chi connectivity index (χ4v) is 1.72. The van der Waals surface area contributed by atoms with Gasteiger partial charge < -0.3 is 10.0 Å². The van der Waals surface area contributed by atoms with Gasteiger partial charge in [-0.25, -0.2) is 0 Å². The minimum atomic E-state index is -0.809. The molecule has 0 aliphatic carbocycles. The Morgan fingerprint density at radius 1 is 1.39 bits per heavy atom. The first-order valence-corrected chi connectivity index (χ1v) is 6.02. The molecule has 5 nitrogen and oxygen atoms in total. The second-order valence-electron chi connectivity index (χ2n) is 4.60. The van der Waals surface area contributed by atoms with E-state index < -0.39 is 5.97 Å². The number of pyridine rings is 1. The van der Waals surface area contributed by atoms with Crippen molar-refractivity contribution in [1.29, 1.82) is 0 Å². The molecular formula is C13H21N3O2. The van der Waals surface area contributed by atoms with Crippen LogP contribution in [0.15, 0.2) is 24.4 Å². The van der Waals surface area contributed by atoms with Crippen LogP contribution in [0.3, 0.4) is 0 Å². The first kappa shape index (κ1) is 14.6. The molecule has 0 radical (unpaired) electrons. The molecule has 1 rings (SSSR count). The molecule has 1 heterocycles. The lowest BCUT2D eigenvalue weighted by atomic mass is 10.2. The zero-order valence-electron chi connectivity index (χ0n) is 11.2. The summed E-state index contributed by atoms with van der Waals surface area (Å²) in [5.74, 6) is -0.809. The molecule has 18 heavy (non-hydrogen) atoms. The van der Waals surface area contributed by atoms with Crippen molar-refractivity contribution in [2.45, 2.75) is 13.0 Å². The molecule has 0 aliphatic rings. The molecule has 0 saturated carbocycles. The molecule has 1 aromatic rings. The Kier molecular flexibility index (Phi) is 5.74. The van der Waals surface area contributed by atoms with Gasteiger partial charge in [-0.15, -0.1) is 0 Å². The van der Waals surface area contributed by atoms with E-state index in [2.05, 4.69) is 4.98 Å². The normalized spacial score (nSPS) is 12.9. The zero-order chi connectivity index (χ0) is 13.5. The predicted octanol–water partition coefficient (Wildman–Crippen LogP) is 1.09. The van der Waals surface area contributed by atoms with E-state index in [1.54, 1.807) is 6.20 Å². The highest BCUT2D eigenvalue weighted by molar-refractivity contribution is 5.69. The minimum Gasteiger partial charge on any atom is -0.480 e. The molecule has 1 aromatic heterocycles. The van der Waals surface area contributed by atoms with Crippen molar-refractivity contribution in [2.75, 3.05) is 33.7 Å². The van der Waals surface area contributed by atoms with E-state index in [0.29, 0.717) is 6.54 Å². The lowest BCUT2D eigenvalue weighted by molar-refractivity contribution is -0.139. The van der Waals surface area contributed by atoms with Crippen LogP contribution in [0.2, 0.25) is 0 Å². The maximum Gasteiger partial charge on any atom is 0.317 e. The molecule has 0 spiro atoms. The van der Waals surface area contributed by atoms with Crippen LogP contribution in [0.25, 0.3) is 0 Å². The number of aromatic nitrogens is 1. The summed E-state index contributed by atoms with van der Waals surface area (Å²) in [7, 11) is 3.95. The summed E-state index contributed by atoms with van der Waals surface area (Å²) < 4.78 is 0. The van der Waals surface area contributed by atoms with Gasteiger partial charge in [-0.3, -0.25) is 14.7 Å². The van der Waals surface area contributed by atoms with Gasteiger partial charge in [0.15, 0.2) is 0 Å². The Morgan fingerprint density at radius 3 is 2.61 bits per heavy atom. The highest BCUT2D eigenvalue weighted by Crippen LogP contribution is 2.16. The van der Waals surface area contributed by atoms with Crippen molar-refractivity contribution in [3.8, 4) is 0 Å². The number of likely N-dealkylation sites (N-methyl/N-ethyl adjacent to an activating group) is 1. The second kappa shape index (κ2) is 7.08. The van der Waals surface area contributed by atoms with Gasteiger partial charge in [0.05, 0.1) is 12.2 Å². The molecule has 0 bridgehead atoms. The van der Waals surface area contributed by atoms with E-state index in [4.69, 9.17) is 5.11 Å². The standard InChI is InChI=1S/C13H21N3O2/c1-11(12-6-4-5-7-14-12)16(10-13(17)18)9-8-15(2)3/h4-7,11H,8-10H2,1-3H3,(H,17,18). The van der Waals surface area contributed by atoms with Crippen LogP contribution in [-0.2, 0) is 4.79 Å². The molecule has 0 aliphatic heterocycles. The molecule has 100 valence electrons. The van der Waals surface area contributed by atoms with E-state index in [-0.39, 0.29) is 12.6 Å². The summed E-state index contributed by atoms with van der Waals surface area (Å²) in [6.07, 6.45) is 1.73. The Labute approximate surface area is 108 Å². The number of nitrogens with zero attached hydrogens (tertiary/aromatic N) is 3. The van der Waals surface area contributed by atoms with Gasteiger partial charge in [0.25, 0.3) is 0 Å². The molecule has 0 aromatic carbocycles. The minimum absolute atomic E-state index is 0.00208. The number of carbonyl (C=O) groups is 1. The number of hydrogen-bond donors (Lipinski definition) is 1. The maximum atomic E-state index is 10.9. The SMILES string of the molecule is CC(c1ccccn1)N(CCN(C)C)CC(=O)O. The average Bonchev–Trinajstić information content (AvgIpc) is 2.34. The highest BCUT2D eigenvalue weighted by Gasteiger charge is 2.19. The molecule has 0 amide bonds. The first-order valence-electron chi connectivity index (χ1n) is 6.02. The van der Waals surface area contributed by atoms with Crippen LogP contribution in [-0.4, -0.2) is 59.6 Å². The van der Waals surface area contributed by atoms with Gasteiger partial charge in [0.2, 0.25) is 0 Å². The fourth-order valence-electron chi connectivity index (χ4n) is 1.72. The predicted molar refractivity (Wildman–Crippen MR) is 70.4 cm³/mol. The Bertz CT molecular complexity index is 368. The zero-order valence-corrected chi connectivity index (χ0v) is 11.2. The van der Waals surface area contributed by atoms with Gasteiger partial charge in [0, 0.05) is 25.3 Å². The van der Waals surface area contributed by atoms with Crippen molar-refractivity contribution >= 4 is 5.97 Å². The maximum absolute atomic E-state index is 10.9. The Balaban J connectivity index is 2.72. The van der Waals surface area contributed by atoms with Gasteiger partial charge in [-0.05, 0) is 33.2 Å². The number of carboxylic acids is 1. The summed E-state index contributed by atoms with van der Waals surface area (Å²) in [5, 5.41) is 8.97. The number of carboxylic acid groups (broad SMARTS) is 1. The summed E-state index contributed by atoms with van der Waals surface area (Å²) >= 11 is 0. The fraction of sp³-hybridized carbons (Fsp3) is 0.538. The van der Waals surface area contributed by atoms with Gasteiger partial charge in [0.1, 0.15) is 0 Å². The van der Waals surface area contributed by atoms with Crippen LogP contribution >= 0.6 is 0 Å². The quantitative estimate of drug-likeness (QED) is 0.786. The van der Waals surface area contributed by atoms with Crippen molar-refractivity contribution < 1.29 is 9.90 Å². The van der Waals surface area contributed by atoms with Gasteiger partial charge >= 0.3 is 5.97 Å². The second-order valence-corrected chi connectivity index (χ2v) is 4.60. The van der Waals surface area contributed by atoms with Crippen LogP contribution in [0, 0.1) is 0 Å². The third kappa shape index (κ3) is 4.81. The highest BCUT2D eigenvalue weighted by atomic mass is 16.4. The van der Waals surface area contributed by atoms with Crippen LogP contribution in [0.1, 0.15) is 18.7 Å². The summed E-state index contributed by atoms with van der Waals surface area (Å²) in [6, 6.07) is 5.71. The smallest absolute Gasteiger partial charge is 0.317 e. The van der Waals surface area contributed by atoms with E-state index in [9.17, 15) is 4.79 Å². The Morgan fingerprint density at radius 2 is 2.11 bits per heavy atom. The molecular weight excluding hydrogens is 230 g/mol. The van der Waals surface area contributed by atoms with Crippen molar-refractivity contribution in [3.63, 3.8) is 0 Å². The molecule has 0 fully saturated rings.